The summed E-state index contributed by atoms with van der Waals surface area (Å²) in [5.74, 6) is 0. The first-order valence-electron chi connectivity index (χ1n) is 5.54. The van der Waals surface area contributed by atoms with Crippen LogP contribution in [0.5, 0.6) is 0 Å². The van der Waals surface area contributed by atoms with Crippen molar-refractivity contribution in [3.8, 4) is 0 Å². The van der Waals surface area contributed by atoms with E-state index in [9.17, 15) is 50.5 Å². The van der Waals surface area contributed by atoms with E-state index < -0.39 is 66.4 Å². The Kier molecular flexibility index (Phi) is 11.1. The molecule has 27 heavy (non-hydrogen) atoms. The minimum Gasteiger partial charge on any atom is -0.211 e. The largest absolute Gasteiger partial charge is 0.237 e. The van der Waals surface area contributed by atoms with E-state index in [0.717, 1.165) is 0 Å². The van der Waals surface area contributed by atoms with Crippen molar-refractivity contribution >= 4 is 79.0 Å². The molecule has 0 saturated carbocycles. The molecule has 0 bridgehead atoms. The van der Waals surface area contributed by atoms with Crippen LogP contribution < -0.4 is 0 Å². The molecule has 0 aliphatic carbocycles. The second-order valence-electron chi connectivity index (χ2n) is 4.85. The van der Waals surface area contributed by atoms with Gasteiger partial charge in [-0.25, -0.2) is 50.5 Å². The third kappa shape index (κ3) is 11.7. The monoisotopic (exact) mass is 509 g/mol. The fraction of sp³-hybridized carbons (Fsp3) is 1.00. The van der Waals surface area contributed by atoms with E-state index in [1.165, 1.54) is 0 Å². The first kappa shape index (κ1) is 31.9. The van der Waals surface area contributed by atoms with Crippen molar-refractivity contribution < 1.29 is 50.5 Å². The second kappa shape index (κ2) is 9.35. The van der Waals surface area contributed by atoms with Gasteiger partial charge in [0.05, 0.1) is 37.5 Å². The molecule has 0 rings (SSSR count). The molecule has 0 atom stereocenters. The van der Waals surface area contributed by atoms with E-state index >= 15 is 0 Å². The van der Waals surface area contributed by atoms with E-state index in [1.807, 2.05) is 0 Å². The zero-order chi connectivity index (χ0) is 22.2. The van der Waals surface area contributed by atoms with Gasteiger partial charge in [0, 0.05) is 25.1 Å². The Morgan fingerprint density at radius 1 is 0.333 bits per heavy atom. The maximum atomic E-state index is 10.8. The van der Waals surface area contributed by atoms with Gasteiger partial charge < -0.3 is 0 Å². The van der Waals surface area contributed by atoms with Crippen LogP contribution >= 0.6 is 0 Å². The summed E-state index contributed by atoms with van der Waals surface area (Å²) in [5.41, 5.74) is 0. The van der Waals surface area contributed by atoms with Crippen molar-refractivity contribution in [2.24, 2.45) is 0 Å². The van der Waals surface area contributed by atoms with Crippen molar-refractivity contribution in [1.29, 1.82) is 0 Å². The Hall–Kier alpha value is 0.217. The molecule has 0 amide bonds. The van der Waals surface area contributed by atoms with Gasteiger partial charge in [0.15, 0.2) is 0 Å². The van der Waals surface area contributed by atoms with Crippen LogP contribution in [0.3, 0.4) is 0 Å². The van der Waals surface area contributed by atoms with Crippen LogP contribution in [0.15, 0.2) is 0 Å². The van der Waals surface area contributed by atoms with Gasteiger partial charge in [-0.1, -0.05) is 0 Å². The van der Waals surface area contributed by atoms with E-state index in [-0.39, 0.29) is 18.9 Å². The zero-order valence-corrected chi connectivity index (χ0v) is 20.1. The summed E-state index contributed by atoms with van der Waals surface area (Å²) in [4.78, 5) is 0. The standard InChI is InChI=1S/2C3H9NO6S3.Li/c2*1-11(5,6)4(12(2,7)8)13(3,9)10;/h2*1-3H3;. The van der Waals surface area contributed by atoms with Crippen LogP contribution in [0.25, 0.3) is 0 Å². The molecule has 161 valence electrons. The Morgan fingerprint density at radius 2 is 0.407 bits per heavy atom. The average molecular weight is 510 g/mol. The molecule has 0 aliphatic rings. The third-order valence-corrected chi connectivity index (χ3v) is 14.6. The van der Waals surface area contributed by atoms with Crippen LogP contribution in [0.2, 0.25) is 0 Å². The molecule has 0 heterocycles. The van der Waals surface area contributed by atoms with Gasteiger partial charge in [0.25, 0.3) is 0 Å². The summed E-state index contributed by atoms with van der Waals surface area (Å²) >= 11 is 0. The number of sulfonamides is 6. The van der Waals surface area contributed by atoms with Crippen LogP contribution in [-0.2, 0) is 60.1 Å². The molecule has 0 fully saturated rings. The predicted octanol–water partition coefficient (Wildman–Crippen LogP) is -4.05. The Bertz CT molecular complexity index is 912. The minimum atomic E-state index is -4.32. The molecule has 1 radical (unpaired) electrons. The maximum Gasteiger partial charge on any atom is 0.237 e. The number of hydrogen-bond donors (Lipinski definition) is 0. The van der Waals surface area contributed by atoms with Crippen molar-refractivity contribution in [2.45, 2.75) is 0 Å². The molecule has 0 aromatic heterocycles. The van der Waals surface area contributed by atoms with Crippen LogP contribution in [0.4, 0.5) is 0 Å². The van der Waals surface area contributed by atoms with Gasteiger partial charge in [0.2, 0.25) is 60.1 Å². The molecule has 14 nitrogen and oxygen atoms in total. The molecular formula is C6H18LiN2O12S6. The number of hydrogen-bond acceptors (Lipinski definition) is 12. The van der Waals surface area contributed by atoms with E-state index in [1.54, 1.807) is 0 Å². The summed E-state index contributed by atoms with van der Waals surface area (Å²) in [6.07, 6.45) is 2.97. The number of rotatable bonds is 6. The summed E-state index contributed by atoms with van der Waals surface area (Å²) in [7, 11) is -25.9. The molecule has 0 aromatic rings. The van der Waals surface area contributed by atoms with Crippen LogP contribution in [-0.4, -0.2) is 113 Å². The maximum absolute atomic E-state index is 10.8. The first-order chi connectivity index (χ1) is 10.7. The fourth-order valence-electron chi connectivity index (χ4n) is 1.48. The van der Waals surface area contributed by atoms with Crippen molar-refractivity contribution in [2.75, 3.05) is 37.5 Å². The molecule has 0 spiro atoms. The van der Waals surface area contributed by atoms with Crippen molar-refractivity contribution in [3.05, 3.63) is 0 Å². The quantitative estimate of drug-likeness (QED) is 0.313. The zero-order valence-electron chi connectivity index (χ0n) is 15.2. The topological polar surface area (TPSA) is 211 Å². The molecule has 0 aliphatic heterocycles. The van der Waals surface area contributed by atoms with Gasteiger partial charge in [-0.05, 0) is 0 Å². The van der Waals surface area contributed by atoms with Gasteiger partial charge in [-0.3, -0.25) is 0 Å². The van der Waals surface area contributed by atoms with E-state index in [2.05, 4.69) is 0 Å². The van der Waals surface area contributed by atoms with E-state index in [4.69, 9.17) is 0 Å². The molecule has 0 N–H and O–H groups in total. The second-order valence-corrected chi connectivity index (χ2v) is 17.2. The van der Waals surface area contributed by atoms with Gasteiger partial charge in [0.1, 0.15) is 0 Å². The Morgan fingerprint density at radius 3 is 0.407 bits per heavy atom. The molecule has 0 saturated heterocycles. The molecule has 0 aromatic carbocycles. The summed E-state index contributed by atoms with van der Waals surface area (Å²) in [6, 6.07) is 0. The summed E-state index contributed by atoms with van der Waals surface area (Å²) in [5, 5.41) is 0. The van der Waals surface area contributed by atoms with Gasteiger partial charge in [-0.15, -0.1) is 0 Å². The normalized spacial score (nSPS) is 14.2. The first-order valence-corrected chi connectivity index (χ1v) is 16.6. The molecule has 0 unspecified atom stereocenters. The third-order valence-electron chi connectivity index (χ3n) is 1.62. The van der Waals surface area contributed by atoms with Gasteiger partial charge >= 0.3 is 0 Å². The molecule has 21 heteroatoms. The van der Waals surface area contributed by atoms with Crippen molar-refractivity contribution in [3.63, 3.8) is 0 Å². The van der Waals surface area contributed by atoms with E-state index in [0.29, 0.717) is 37.5 Å². The summed E-state index contributed by atoms with van der Waals surface area (Å²) in [6.45, 7) is 0. The Balaban J connectivity index is -0.000000411. The molecular weight excluding hydrogens is 491 g/mol. The minimum absolute atomic E-state index is 0. The van der Waals surface area contributed by atoms with Gasteiger partial charge in [-0.2, -0.15) is 0 Å². The smallest absolute Gasteiger partial charge is 0.211 e. The average Bonchev–Trinajstić information content (AvgIpc) is 1.97. The van der Waals surface area contributed by atoms with Crippen LogP contribution in [0, 0.1) is 0 Å². The summed E-state index contributed by atoms with van der Waals surface area (Å²) < 4.78 is 128. The van der Waals surface area contributed by atoms with Crippen LogP contribution in [0.1, 0.15) is 0 Å². The Labute approximate surface area is 172 Å². The SMILES string of the molecule is CS(=O)(=O)N(S(C)(=O)=O)S(C)(=O)=O.CS(=O)(=O)N(S(C)(=O)=O)S(C)(=O)=O.[Li]. The predicted molar refractivity (Wildman–Crippen MR) is 98.5 cm³/mol. The number of nitrogens with zero attached hydrogens (tertiary/aromatic N) is 2. The van der Waals surface area contributed by atoms with Crippen molar-refractivity contribution in [1.82, 2.24) is 6.23 Å². The fourth-order valence-corrected chi connectivity index (χ4v) is 13.3.